The Morgan fingerprint density at radius 2 is 1.92 bits per heavy atom. The normalized spacial score (nSPS) is 12.0. The van der Waals surface area contributed by atoms with E-state index in [2.05, 4.69) is 10.6 Å². The van der Waals surface area contributed by atoms with Crippen molar-refractivity contribution in [3.63, 3.8) is 0 Å². The Balaban J connectivity index is 1.76. The summed E-state index contributed by atoms with van der Waals surface area (Å²) in [6.07, 6.45) is 0.908. The smallest absolute Gasteiger partial charge is 0.315 e. The van der Waals surface area contributed by atoms with Crippen LogP contribution in [0.1, 0.15) is 36.8 Å². The molecule has 0 radical (unpaired) electrons. The number of aryl methyl sites for hydroxylation is 1. The molecular weight excluding hydrogens is 308 g/mol. The van der Waals surface area contributed by atoms with Crippen molar-refractivity contribution in [3.8, 4) is 5.75 Å². The van der Waals surface area contributed by atoms with E-state index in [4.69, 9.17) is 9.15 Å². The van der Waals surface area contributed by atoms with Crippen molar-refractivity contribution in [3.05, 3.63) is 53.5 Å². The van der Waals surface area contributed by atoms with E-state index in [0.717, 1.165) is 22.6 Å². The Bertz CT molecular complexity index is 649. The second-order valence-corrected chi connectivity index (χ2v) is 5.82. The maximum atomic E-state index is 11.8. The molecule has 0 bridgehead atoms. The van der Waals surface area contributed by atoms with Gasteiger partial charge in [-0.05, 0) is 44.5 Å². The minimum Gasteiger partial charge on any atom is -0.491 e. The SMILES string of the molecule is Cc1occc1CNC(=O)NCC(O)c1ccc(OC(C)C)cc1. The number of hydrogen-bond acceptors (Lipinski definition) is 4. The maximum absolute atomic E-state index is 11.8. The first-order valence-corrected chi connectivity index (χ1v) is 7.95. The summed E-state index contributed by atoms with van der Waals surface area (Å²) < 4.78 is 10.7. The lowest BCUT2D eigenvalue weighted by atomic mass is 10.1. The molecule has 1 unspecified atom stereocenters. The van der Waals surface area contributed by atoms with Gasteiger partial charge in [0.1, 0.15) is 11.5 Å². The van der Waals surface area contributed by atoms with Crippen LogP contribution in [0.4, 0.5) is 4.79 Å². The van der Waals surface area contributed by atoms with Gasteiger partial charge in [-0.2, -0.15) is 0 Å². The molecule has 2 aromatic rings. The Labute approximate surface area is 141 Å². The van der Waals surface area contributed by atoms with Gasteiger partial charge in [0.05, 0.1) is 18.5 Å². The molecule has 24 heavy (non-hydrogen) atoms. The second kappa shape index (κ2) is 8.40. The minimum absolute atomic E-state index is 0.102. The molecule has 0 aliphatic rings. The Hall–Kier alpha value is -2.47. The molecule has 1 aromatic heterocycles. The molecule has 6 heteroatoms. The number of rotatable bonds is 7. The van der Waals surface area contributed by atoms with Crippen LogP contribution in [0.15, 0.2) is 41.0 Å². The predicted molar refractivity (Wildman–Crippen MR) is 90.8 cm³/mol. The van der Waals surface area contributed by atoms with Crippen LogP contribution in [0.5, 0.6) is 5.75 Å². The lowest BCUT2D eigenvalue weighted by Gasteiger charge is -2.14. The van der Waals surface area contributed by atoms with Crippen LogP contribution in [0.3, 0.4) is 0 Å². The lowest BCUT2D eigenvalue weighted by molar-refractivity contribution is 0.173. The topological polar surface area (TPSA) is 83.7 Å². The third-order valence-electron chi connectivity index (χ3n) is 3.50. The van der Waals surface area contributed by atoms with Crippen molar-refractivity contribution in [2.45, 2.75) is 39.5 Å². The zero-order chi connectivity index (χ0) is 17.5. The van der Waals surface area contributed by atoms with Crippen LogP contribution in [-0.4, -0.2) is 23.8 Å². The summed E-state index contributed by atoms with van der Waals surface area (Å²) >= 11 is 0. The van der Waals surface area contributed by atoms with Crippen molar-refractivity contribution in [1.82, 2.24) is 10.6 Å². The standard InChI is InChI=1S/C18H24N2O4/c1-12(2)24-16-6-4-14(5-7-16)17(21)11-20-18(22)19-10-15-8-9-23-13(15)3/h4-9,12,17,21H,10-11H2,1-3H3,(H2,19,20,22). The van der Waals surface area contributed by atoms with E-state index in [1.807, 2.05) is 26.8 Å². The number of hydrogen-bond donors (Lipinski definition) is 3. The van der Waals surface area contributed by atoms with Crippen LogP contribution >= 0.6 is 0 Å². The Morgan fingerprint density at radius 1 is 1.21 bits per heavy atom. The number of urea groups is 1. The molecule has 1 heterocycles. The molecule has 6 nitrogen and oxygen atoms in total. The van der Waals surface area contributed by atoms with Crippen LogP contribution in [0.25, 0.3) is 0 Å². The van der Waals surface area contributed by atoms with Gasteiger partial charge in [-0.1, -0.05) is 12.1 Å². The number of ether oxygens (including phenoxy) is 1. The predicted octanol–water partition coefficient (Wildman–Crippen LogP) is 2.91. The Morgan fingerprint density at radius 3 is 2.50 bits per heavy atom. The number of aliphatic hydroxyl groups excluding tert-OH is 1. The fraction of sp³-hybridized carbons (Fsp3) is 0.389. The number of furan rings is 1. The van der Waals surface area contributed by atoms with Crippen LogP contribution in [-0.2, 0) is 6.54 Å². The van der Waals surface area contributed by atoms with E-state index in [0.29, 0.717) is 6.54 Å². The van der Waals surface area contributed by atoms with Gasteiger partial charge in [0.25, 0.3) is 0 Å². The molecule has 0 spiro atoms. The van der Waals surface area contributed by atoms with E-state index < -0.39 is 6.10 Å². The van der Waals surface area contributed by atoms with Crippen molar-refractivity contribution < 1.29 is 19.1 Å². The minimum atomic E-state index is -0.778. The molecule has 130 valence electrons. The summed E-state index contributed by atoms with van der Waals surface area (Å²) in [5, 5.41) is 15.5. The maximum Gasteiger partial charge on any atom is 0.315 e. The molecule has 1 aromatic carbocycles. The highest BCUT2D eigenvalue weighted by molar-refractivity contribution is 5.73. The van der Waals surface area contributed by atoms with Gasteiger partial charge in [-0.25, -0.2) is 4.79 Å². The van der Waals surface area contributed by atoms with E-state index in [1.54, 1.807) is 30.5 Å². The van der Waals surface area contributed by atoms with Crippen molar-refractivity contribution in [2.24, 2.45) is 0 Å². The summed E-state index contributed by atoms with van der Waals surface area (Å²) in [4.78, 5) is 11.8. The molecule has 3 N–H and O–H groups in total. The number of carbonyl (C=O) groups is 1. The number of amides is 2. The highest BCUT2D eigenvalue weighted by Crippen LogP contribution is 2.18. The average molecular weight is 332 g/mol. The third-order valence-corrected chi connectivity index (χ3v) is 3.50. The van der Waals surface area contributed by atoms with E-state index in [-0.39, 0.29) is 18.7 Å². The molecule has 2 rings (SSSR count). The zero-order valence-electron chi connectivity index (χ0n) is 14.2. The van der Waals surface area contributed by atoms with Crippen LogP contribution in [0, 0.1) is 6.92 Å². The fourth-order valence-electron chi connectivity index (χ4n) is 2.18. The monoisotopic (exact) mass is 332 g/mol. The lowest BCUT2D eigenvalue weighted by Crippen LogP contribution is -2.37. The van der Waals surface area contributed by atoms with Gasteiger partial charge >= 0.3 is 6.03 Å². The quantitative estimate of drug-likeness (QED) is 0.728. The molecule has 0 saturated carbocycles. The summed E-state index contributed by atoms with van der Waals surface area (Å²) in [6.45, 7) is 6.25. The second-order valence-electron chi connectivity index (χ2n) is 5.82. The summed E-state index contributed by atoms with van der Waals surface area (Å²) in [7, 11) is 0. The molecular formula is C18H24N2O4. The number of carbonyl (C=O) groups excluding carboxylic acids is 1. The molecule has 0 aliphatic carbocycles. The first-order valence-electron chi connectivity index (χ1n) is 7.95. The van der Waals surface area contributed by atoms with Crippen molar-refractivity contribution in [1.29, 1.82) is 0 Å². The van der Waals surface area contributed by atoms with E-state index in [9.17, 15) is 9.90 Å². The summed E-state index contributed by atoms with van der Waals surface area (Å²) in [5.41, 5.74) is 1.64. The molecule has 0 fully saturated rings. The summed E-state index contributed by atoms with van der Waals surface area (Å²) in [5.74, 6) is 1.53. The number of benzene rings is 1. The molecule has 0 aliphatic heterocycles. The largest absolute Gasteiger partial charge is 0.491 e. The van der Waals surface area contributed by atoms with Crippen molar-refractivity contribution >= 4 is 6.03 Å². The van der Waals surface area contributed by atoms with E-state index >= 15 is 0 Å². The Kier molecular flexibility index (Phi) is 6.26. The zero-order valence-corrected chi connectivity index (χ0v) is 14.2. The summed E-state index contributed by atoms with van der Waals surface area (Å²) in [6, 6.07) is 8.66. The molecule has 2 amide bonds. The van der Waals surface area contributed by atoms with Gasteiger partial charge < -0.3 is 24.9 Å². The highest BCUT2D eigenvalue weighted by atomic mass is 16.5. The molecule has 0 saturated heterocycles. The van der Waals surface area contributed by atoms with Gasteiger partial charge in [0.15, 0.2) is 0 Å². The third kappa shape index (κ3) is 5.31. The van der Waals surface area contributed by atoms with Gasteiger partial charge in [0.2, 0.25) is 0 Å². The highest BCUT2D eigenvalue weighted by Gasteiger charge is 2.10. The molecule has 1 atom stereocenters. The van der Waals surface area contributed by atoms with Crippen LogP contribution < -0.4 is 15.4 Å². The first-order chi connectivity index (χ1) is 11.5. The van der Waals surface area contributed by atoms with Crippen molar-refractivity contribution in [2.75, 3.05) is 6.54 Å². The average Bonchev–Trinajstić information content (AvgIpc) is 2.96. The van der Waals surface area contributed by atoms with Gasteiger partial charge in [-0.15, -0.1) is 0 Å². The van der Waals surface area contributed by atoms with E-state index in [1.165, 1.54) is 0 Å². The number of aliphatic hydroxyl groups is 1. The van der Waals surface area contributed by atoms with Gasteiger partial charge in [-0.3, -0.25) is 0 Å². The number of nitrogens with one attached hydrogen (secondary N) is 2. The fourth-order valence-corrected chi connectivity index (χ4v) is 2.18. The van der Waals surface area contributed by atoms with Crippen LogP contribution in [0.2, 0.25) is 0 Å². The van der Waals surface area contributed by atoms with Gasteiger partial charge in [0, 0.05) is 18.7 Å². The first kappa shape index (κ1) is 17.9.